The average Bonchev–Trinajstić information content (AvgIpc) is 1.87. The monoisotopic (exact) mass is 1600 g/mol. The molecule has 8 saturated heterocycles. The van der Waals surface area contributed by atoms with Gasteiger partial charge in [0.05, 0.1) is 124 Å². The molecule has 0 amide bonds. The highest BCUT2D eigenvalue weighted by atomic mass is 32.2. The molecular formula is C67H129N9O32S. The lowest BCUT2D eigenvalue weighted by Crippen LogP contribution is -2.42. The minimum Gasteiger partial charge on any atom is -0.480 e. The Morgan fingerprint density at radius 1 is 0.385 bits per heavy atom. The molecule has 0 aliphatic carbocycles. The molecule has 109 heavy (non-hydrogen) atoms. The first kappa shape index (κ1) is 106. The Kier molecular flexibility index (Phi) is 64.6. The van der Waals surface area contributed by atoms with Gasteiger partial charge in [-0.25, -0.2) is 0 Å². The number of carboxylic acid groups (broad SMARTS) is 7. The standard InChI is InChI=1S/C10H19NO4.C10H19NO3.C8H13NO5.C8H15NO4.C8H15NO3.C7H14N2O4.C7H13NO5.C7H13NO4S.2CH4/c11-8(10(12)13)4-2-1-3-5-9-14-6-7-15-9;11-9(10(12)13)6-2-1-4-8-5-3-7-14-8;9-6(8(11)12)3-5(10)4-7-13-1-2-14-7;9-6(8(10)11)2-1-3-7-12-4-5-13-7;1-6(10)7(9)2-3-8-11-4-5-12-8;8-5(7(10)11)3-9-4-6-12-1-2-13-6;8-5(7(9)10)3-11-4-6-12-1-2-13-6;8-5(7(9)10)3-13-4-6-11-1-2-12-6;;/h8-9H,1-7,11H2,(H,12,13);8-9H,1-7,11H2,(H,12,13);6-7H,1-4,9H2,(H,11,12);6-7H,1-5,9H2,(H,10,11);7-8H,2-5,9H2,1H3;5-6,9H,1-4,8H2,(H,10,11);2*5-6H,1-4,8H2,(H,9,10);2*1H4. The SMILES string of the molecule is C.C.CC(=O)C(N)CCC1OCCO1.NC(CC(=O)CC1OCCO1)C(=O)O.NC(CCCC1OCCO1)C(=O)O.NC(CCCCC1CCCO1)C(=O)O.NC(CCCCCC1OCCO1)C(=O)O.NC(CNCC1OCCO1)C(=O)O.NC(COCC1OCCO1)C(=O)O.NC(CSCC1OCCO1)C(=O)O. The molecule has 9 unspecified atom stereocenters. The van der Waals surface area contributed by atoms with Crippen LogP contribution in [0.1, 0.15) is 137 Å². The van der Waals surface area contributed by atoms with Crippen molar-refractivity contribution in [1.29, 1.82) is 0 Å². The summed E-state index contributed by atoms with van der Waals surface area (Å²) < 4.78 is 82.5. The zero-order chi connectivity index (χ0) is 79.7. The summed E-state index contributed by atoms with van der Waals surface area (Å²) in [5.41, 5.74) is 42.5. The summed E-state index contributed by atoms with van der Waals surface area (Å²) in [6.45, 7) is 11.7. The van der Waals surface area contributed by atoms with E-state index in [0.29, 0.717) is 149 Å². The van der Waals surface area contributed by atoms with Crippen LogP contribution < -0.4 is 51.2 Å². The van der Waals surface area contributed by atoms with Crippen LogP contribution in [0.25, 0.3) is 0 Å². The van der Waals surface area contributed by atoms with E-state index in [1.54, 1.807) is 0 Å². The van der Waals surface area contributed by atoms with Gasteiger partial charge >= 0.3 is 41.8 Å². The third kappa shape index (κ3) is 57.6. The van der Waals surface area contributed by atoms with Gasteiger partial charge in [0.1, 0.15) is 53.9 Å². The van der Waals surface area contributed by atoms with E-state index in [-0.39, 0.29) is 103 Å². The van der Waals surface area contributed by atoms with Crippen LogP contribution in [0.5, 0.6) is 0 Å². The van der Waals surface area contributed by atoms with E-state index in [0.717, 1.165) is 70.8 Å². The molecule has 24 N–H and O–H groups in total. The molecule has 0 aromatic rings. The number of carbonyl (C=O) groups is 9. The summed E-state index contributed by atoms with van der Waals surface area (Å²) in [7, 11) is 0. The van der Waals surface area contributed by atoms with Crippen LogP contribution in [0, 0.1) is 0 Å². The number of nitrogens with one attached hydrogen (secondary N) is 1. The minimum atomic E-state index is -1.17. The van der Waals surface area contributed by atoms with Gasteiger partial charge in [0.25, 0.3) is 0 Å². The normalized spacial score (nSPS) is 20.2. The Hall–Kier alpha value is -5.02. The fourth-order valence-electron chi connectivity index (χ4n) is 9.40. The number of carboxylic acids is 7. The zero-order valence-corrected chi connectivity index (χ0v) is 62.0. The van der Waals surface area contributed by atoms with Crippen LogP contribution in [-0.2, 0) is 119 Å². The summed E-state index contributed by atoms with van der Waals surface area (Å²) in [5.74, 6) is -6.21. The second kappa shape index (κ2) is 66.4. The lowest BCUT2D eigenvalue weighted by molar-refractivity contribution is -0.142. The van der Waals surface area contributed by atoms with Gasteiger partial charge in [0.2, 0.25) is 0 Å². The predicted octanol–water partition coefficient (Wildman–Crippen LogP) is -1.10. The topological polar surface area (TPSA) is 663 Å². The van der Waals surface area contributed by atoms with E-state index in [1.165, 1.54) is 25.1 Å². The lowest BCUT2D eigenvalue weighted by Gasteiger charge is -2.11. The maximum absolute atomic E-state index is 11.2. The maximum Gasteiger partial charge on any atom is 0.322 e. The third-order valence-corrected chi connectivity index (χ3v) is 16.7. The Morgan fingerprint density at radius 3 is 1.18 bits per heavy atom. The fraction of sp³-hybridized carbons (Fsp3) is 0.866. The number of nitrogens with two attached hydrogens (primary N) is 8. The van der Waals surface area contributed by atoms with Crippen LogP contribution >= 0.6 is 11.8 Å². The summed E-state index contributed by atoms with van der Waals surface area (Å²) in [6, 6.07) is -6.33. The Balaban J connectivity index is 0. The van der Waals surface area contributed by atoms with Crippen molar-refractivity contribution < 1.29 is 155 Å². The highest BCUT2D eigenvalue weighted by Crippen LogP contribution is 2.20. The molecule has 41 nitrogen and oxygen atoms in total. The van der Waals surface area contributed by atoms with E-state index in [2.05, 4.69) is 5.32 Å². The van der Waals surface area contributed by atoms with Crippen molar-refractivity contribution in [3.8, 4) is 0 Å². The number of unbranched alkanes of at least 4 members (excludes halogenated alkanes) is 3. The van der Waals surface area contributed by atoms with Gasteiger partial charge in [-0.3, -0.25) is 43.2 Å². The van der Waals surface area contributed by atoms with Crippen molar-refractivity contribution in [3.05, 3.63) is 0 Å². The lowest BCUT2D eigenvalue weighted by atomic mass is 10.1. The number of thioether (sulfide) groups is 1. The summed E-state index contributed by atoms with van der Waals surface area (Å²) in [4.78, 5) is 94.3. The first-order valence-corrected chi connectivity index (χ1v) is 36.9. The second-order valence-electron chi connectivity index (χ2n) is 24.8. The molecule has 0 aromatic carbocycles. The molecule has 0 bridgehead atoms. The van der Waals surface area contributed by atoms with Gasteiger partial charge in [-0.05, 0) is 77.6 Å². The molecule has 0 saturated carbocycles. The van der Waals surface area contributed by atoms with E-state index < -0.39 is 90.4 Å². The fourth-order valence-corrected chi connectivity index (χ4v) is 10.3. The molecule has 9 atom stereocenters. The van der Waals surface area contributed by atoms with Gasteiger partial charge in [-0.2, -0.15) is 11.8 Å². The number of hydrogen-bond acceptors (Lipinski definition) is 35. The smallest absolute Gasteiger partial charge is 0.322 e. The second-order valence-corrected chi connectivity index (χ2v) is 25.8. The van der Waals surface area contributed by atoms with Crippen LogP contribution in [0.4, 0.5) is 0 Å². The number of hydrogen-bond donors (Lipinski definition) is 16. The van der Waals surface area contributed by atoms with Gasteiger partial charge in [0, 0.05) is 44.0 Å². The summed E-state index contributed by atoms with van der Waals surface area (Å²) in [5, 5.41) is 62.2. The molecule has 0 aromatic heterocycles. The highest BCUT2D eigenvalue weighted by molar-refractivity contribution is 7.99. The largest absolute Gasteiger partial charge is 0.480 e. The van der Waals surface area contributed by atoms with Crippen LogP contribution in [0.15, 0.2) is 0 Å². The first-order chi connectivity index (χ1) is 51.0. The van der Waals surface area contributed by atoms with Crippen LogP contribution in [0.2, 0.25) is 0 Å². The van der Waals surface area contributed by atoms with Crippen molar-refractivity contribution in [2.45, 2.75) is 236 Å². The van der Waals surface area contributed by atoms with Crippen molar-refractivity contribution in [2.24, 2.45) is 45.9 Å². The number of Topliss-reactive ketones (excluding diaryl/α,β-unsaturated/α-hetero) is 2. The number of ketones is 2. The molecule has 42 heteroatoms. The Labute approximate surface area is 641 Å². The molecular weight excluding hydrogens is 1470 g/mol. The number of aliphatic carboxylic acids is 7. The van der Waals surface area contributed by atoms with E-state index >= 15 is 0 Å². The Bertz CT molecular complexity index is 2230. The predicted molar refractivity (Wildman–Crippen MR) is 390 cm³/mol. The van der Waals surface area contributed by atoms with Crippen molar-refractivity contribution >= 4 is 65.1 Å². The van der Waals surface area contributed by atoms with Crippen LogP contribution in [-0.4, -0.2) is 324 Å². The number of carbonyl (C=O) groups excluding carboxylic acids is 2. The molecule has 0 radical (unpaired) electrons. The molecule has 8 heterocycles. The zero-order valence-electron chi connectivity index (χ0n) is 61.2. The Morgan fingerprint density at radius 2 is 0.761 bits per heavy atom. The number of ether oxygens (including phenoxy) is 16. The van der Waals surface area contributed by atoms with E-state index in [4.69, 9.17) is 157 Å². The van der Waals surface area contributed by atoms with Crippen molar-refractivity contribution in [2.75, 3.05) is 137 Å². The van der Waals surface area contributed by atoms with Gasteiger partial charge < -0.3 is 163 Å². The molecule has 640 valence electrons. The maximum atomic E-state index is 11.2. The summed E-state index contributed by atoms with van der Waals surface area (Å²) in [6.07, 6.45) is 12.0. The van der Waals surface area contributed by atoms with E-state index in [1.807, 2.05) is 0 Å². The van der Waals surface area contributed by atoms with Crippen LogP contribution in [0.3, 0.4) is 0 Å². The van der Waals surface area contributed by atoms with E-state index in [9.17, 15) is 43.2 Å². The molecule has 0 spiro atoms. The van der Waals surface area contributed by atoms with Gasteiger partial charge in [-0.1, -0.05) is 40.5 Å². The first-order valence-electron chi connectivity index (χ1n) is 35.8. The van der Waals surface area contributed by atoms with Gasteiger partial charge in [-0.15, -0.1) is 0 Å². The average molecular weight is 1600 g/mol. The summed E-state index contributed by atoms with van der Waals surface area (Å²) >= 11 is 1.43. The quantitative estimate of drug-likeness (QED) is 0.0323. The molecule has 8 aliphatic rings. The minimum absolute atomic E-state index is 0. The molecule has 8 aliphatic heterocycles. The van der Waals surface area contributed by atoms with Gasteiger partial charge in [0.15, 0.2) is 44.0 Å². The molecule has 8 fully saturated rings. The third-order valence-electron chi connectivity index (χ3n) is 15.6. The molecule has 8 rings (SSSR count). The van der Waals surface area contributed by atoms with Crippen molar-refractivity contribution in [1.82, 2.24) is 5.32 Å². The number of rotatable bonds is 42. The van der Waals surface area contributed by atoms with Crippen molar-refractivity contribution in [3.63, 3.8) is 0 Å². The highest BCUT2D eigenvalue weighted by Gasteiger charge is 2.26.